The van der Waals surface area contributed by atoms with Gasteiger partial charge in [-0.1, -0.05) is 13.8 Å². The van der Waals surface area contributed by atoms with E-state index >= 15 is 0 Å². The van der Waals surface area contributed by atoms with Crippen molar-refractivity contribution in [3.05, 3.63) is 35.5 Å². The van der Waals surface area contributed by atoms with E-state index in [1.54, 1.807) is 4.90 Å². The van der Waals surface area contributed by atoms with Crippen LogP contribution in [-0.2, 0) is 4.74 Å². The summed E-state index contributed by atoms with van der Waals surface area (Å²) in [5.41, 5.74) is 2.56. The molecule has 2 aliphatic rings. The highest BCUT2D eigenvalue weighted by Gasteiger charge is 2.44. The molecule has 2 fully saturated rings. The fourth-order valence-electron chi connectivity index (χ4n) is 4.57. The minimum atomic E-state index is -0.484. The summed E-state index contributed by atoms with van der Waals surface area (Å²) < 4.78 is 5.50. The number of aromatic nitrogens is 1. The SMILES string of the molecule is CC(C)c1c[nH]c2ccc(C(=O)N3CC4CN(C(=O)OC(C)(C)C)CC4C3)cc12. The van der Waals surface area contributed by atoms with Crippen LogP contribution in [0.4, 0.5) is 4.79 Å². The highest BCUT2D eigenvalue weighted by molar-refractivity contribution is 5.99. The zero-order valence-electron chi connectivity index (χ0n) is 18.0. The van der Waals surface area contributed by atoms with E-state index in [1.807, 2.05) is 50.1 Å². The van der Waals surface area contributed by atoms with Crippen molar-refractivity contribution in [2.45, 2.75) is 46.1 Å². The normalized spacial score (nSPS) is 21.9. The molecule has 6 nitrogen and oxygen atoms in total. The highest BCUT2D eigenvalue weighted by atomic mass is 16.6. The van der Waals surface area contributed by atoms with Crippen LogP contribution in [0.1, 0.15) is 56.5 Å². The summed E-state index contributed by atoms with van der Waals surface area (Å²) in [4.78, 5) is 32.5. The van der Waals surface area contributed by atoms with Gasteiger partial charge in [0.25, 0.3) is 5.91 Å². The number of hydrogen-bond donors (Lipinski definition) is 1. The second kappa shape index (κ2) is 7.08. The number of carbonyl (C=O) groups is 2. The fraction of sp³-hybridized carbons (Fsp3) is 0.565. The van der Waals surface area contributed by atoms with Crippen LogP contribution >= 0.6 is 0 Å². The molecule has 1 aromatic carbocycles. The van der Waals surface area contributed by atoms with Gasteiger partial charge >= 0.3 is 6.09 Å². The molecule has 4 rings (SSSR count). The number of likely N-dealkylation sites (tertiary alicyclic amines) is 2. The number of ether oxygens (including phenoxy) is 1. The van der Waals surface area contributed by atoms with Crippen LogP contribution in [0.15, 0.2) is 24.4 Å². The number of nitrogens with one attached hydrogen (secondary N) is 1. The van der Waals surface area contributed by atoms with Crippen LogP contribution in [0, 0.1) is 11.8 Å². The van der Waals surface area contributed by atoms with Crippen LogP contribution < -0.4 is 0 Å². The van der Waals surface area contributed by atoms with Gasteiger partial charge in [0.15, 0.2) is 0 Å². The Bertz CT molecular complexity index is 926. The van der Waals surface area contributed by atoms with Gasteiger partial charge in [-0.05, 0) is 50.5 Å². The molecule has 0 bridgehead atoms. The number of rotatable bonds is 2. The average Bonchev–Trinajstić information content (AvgIpc) is 3.31. The second-order valence-electron chi connectivity index (χ2n) is 9.77. The Balaban J connectivity index is 1.43. The number of aromatic amines is 1. The maximum Gasteiger partial charge on any atom is 0.410 e. The predicted octanol–water partition coefficient (Wildman–Crippen LogP) is 4.23. The molecule has 2 aliphatic heterocycles. The van der Waals surface area contributed by atoms with Crippen molar-refractivity contribution in [1.82, 2.24) is 14.8 Å². The first kappa shape index (κ1) is 19.8. The number of carbonyl (C=O) groups excluding carboxylic acids is 2. The van der Waals surface area contributed by atoms with Crippen molar-refractivity contribution < 1.29 is 14.3 Å². The lowest BCUT2D eigenvalue weighted by molar-refractivity contribution is 0.0275. The summed E-state index contributed by atoms with van der Waals surface area (Å²) in [5.74, 6) is 1.14. The monoisotopic (exact) mass is 397 g/mol. The molecule has 29 heavy (non-hydrogen) atoms. The molecule has 1 aromatic heterocycles. The first-order valence-corrected chi connectivity index (χ1v) is 10.5. The molecule has 0 spiro atoms. The molecule has 2 aromatic rings. The van der Waals surface area contributed by atoms with Crippen molar-refractivity contribution in [2.75, 3.05) is 26.2 Å². The Labute approximate surface area is 172 Å². The van der Waals surface area contributed by atoms with Gasteiger partial charge in [-0.25, -0.2) is 4.79 Å². The average molecular weight is 398 g/mol. The molecule has 2 atom stereocenters. The lowest BCUT2D eigenvalue weighted by Gasteiger charge is -2.26. The van der Waals surface area contributed by atoms with Gasteiger partial charge in [0.2, 0.25) is 0 Å². The van der Waals surface area contributed by atoms with Crippen LogP contribution in [0.25, 0.3) is 10.9 Å². The molecular weight excluding hydrogens is 366 g/mol. The lowest BCUT2D eigenvalue weighted by Crippen LogP contribution is -2.38. The van der Waals surface area contributed by atoms with E-state index in [2.05, 4.69) is 18.8 Å². The Morgan fingerprint density at radius 3 is 2.28 bits per heavy atom. The van der Waals surface area contributed by atoms with Crippen molar-refractivity contribution in [1.29, 1.82) is 0 Å². The van der Waals surface area contributed by atoms with Gasteiger partial charge < -0.3 is 19.5 Å². The van der Waals surface area contributed by atoms with E-state index < -0.39 is 5.60 Å². The summed E-state index contributed by atoms with van der Waals surface area (Å²) in [7, 11) is 0. The van der Waals surface area contributed by atoms with E-state index in [0.717, 1.165) is 16.5 Å². The Hall–Kier alpha value is -2.50. The number of H-pyrrole nitrogens is 1. The van der Waals surface area contributed by atoms with Gasteiger partial charge in [-0.2, -0.15) is 0 Å². The van der Waals surface area contributed by atoms with E-state index in [-0.39, 0.29) is 12.0 Å². The largest absolute Gasteiger partial charge is 0.444 e. The van der Waals surface area contributed by atoms with Crippen molar-refractivity contribution in [2.24, 2.45) is 11.8 Å². The van der Waals surface area contributed by atoms with Crippen LogP contribution in [0.2, 0.25) is 0 Å². The summed E-state index contributed by atoms with van der Waals surface area (Å²) in [5, 5.41) is 1.13. The molecule has 6 heteroatoms. The zero-order chi connectivity index (χ0) is 20.9. The minimum Gasteiger partial charge on any atom is -0.444 e. The molecule has 0 saturated carbocycles. The highest BCUT2D eigenvalue weighted by Crippen LogP contribution is 2.33. The van der Waals surface area contributed by atoms with Crippen LogP contribution in [-0.4, -0.2) is 58.6 Å². The van der Waals surface area contributed by atoms with E-state index in [9.17, 15) is 9.59 Å². The Morgan fingerprint density at radius 1 is 1.07 bits per heavy atom. The quantitative estimate of drug-likeness (QED) is 0.825. The molecule has 0 aliphatic carbocycles. The first-order valence-electron chi connectivity index (χ1n) is 10.5. The van der Waals surface area contributed by atoms with Gasteiger partial charge in [-0.3, -0.25) is 4.79 Å². The number of amides is 2. The molecule has 156 valence electrons. The third kappa shape index (κ3) is 3.85. The summed E-state index contributed by atoms with van der Waals surface area (Å²) in [6.45, 7) is 12.7. The van der Waals surface area contributed by atoms with Gasteiger partial charge in [0.05, 0.1) is 0 Å². The third-order valence-corrected chi connectivity index (χ3v) is 6.01. The van der Waals surface area contributed by atoms with Crippen molar-refractivity contribution >= 4 is 22.9 Å². The summed E-state index contributed by atoms with van der Waals surface area (Å²) >= 11 is 0. The van der Waals surface area contributed by atoms with Gasteiger partial charge in [0, 0.05) is 60.7 Å². The molecule has 3 heterocycles. The second-order valence-corrected chi connectivity index (χ2v) is 9.77. The van der Waals surface area contributed by atoms with E-state index in [0.29, 0.717) is 43.9 Å². The number of hydrogen-bond acceptors (Lipinski definition) is 3. The summed E-state index contributed by atoms with van der Waals surface area (Å²) in [6.07, 6.45) is 1.79. The maximum atomic E-state index is 13.1. The smallest absolute Gasteiger partial charge is 0.410 e. The van der Waals surface area contributed by atoms with Crippen LogP contribution in [0.3, 0.4) is 0 Å². The number of nitrogens with zero attached hydrogens (tertiary/aromatic N) is 2. The van der Waals surface area contributed by atoms with Crippen molar-refractivity contribution in [3.8, 4) is 0 Å². The minimum absolute atomic E-state index is 0.0843. The predicted molar refractivity (Wildman–Crippen MR) is 113 cm³/mol. The molecule has 1 N–H and O–H groups in total. The zero-order valence-corrected chi connectivity index (χ0v) is 18.0. The number of fused-ring (bicyclic) bond motifs is 2. The van der Waals surface area contributed by atoms with E-state index in [4.69, 9.17) is 4.74 Å². The maximum absolute atomic E-state index is 13.1. The summed E-state index contributed by atoms with van der Waals surface area (Å²) in [6, 6.07) is 5.92. The van der Waals surface area contributed by atoms with Gasteiger partial charge in [-0.15, -0.1) is 0 Å². The molecular formula is C23H31N3O3. The molecule has 2 amide bonds. The molecule has 2 saturated heterocycles. The standard InChI is InChI=1S/C23H31N3O3/c1-14(2)19-9-24-20-7-6-15(8-18(19)20)21(27)25-10-16-12-26(13-17(16)11-25)22(28)29-23(3,4)5/h6-9,14,16-17,24H,10-13H2,1-5H3. The van der Waals surface area contributed by atoms with Crippen LogP contribution in [0.5, 0.6) is 0 Å². The third-order valence-electron chi connectivity index (χ3n) is 6.01. The van der Waals surface area contributed by atoms with Crippen molar-refractivity contribution in [3.63, 3.8) is 0 Å². The lowest BCUT2D eigenvalue weighted by atomic mass is 10.0. The molecule has 2 unspecified atom stereocenters. The topological polar surface area (TPSA) is 65.6 Å². The fourth-order valence-corrected chi connectivity index (χ4v) is 4.57. The Kier molecular flexibility index (Phi) is 4.83. The Morgan fingerprint density at radius 2 is 1.69 bits per heavy atom. The van der Waals surface area contributed by atoms with E-state index in [1.165, 1.54) is 5.56 Å². The van der Waals surface area contributed by atoms with Gasteiger partial charge in [0.1, 0.15) is 5.60 Å². The molecule has 0 radical (unpaired) electrons. The number of benzene rings is 1. The first-order chi connectivity index (χ1) is 13.6.